The molecule has 0 saturated heterocycles. The molecule has 0 aliphatic heterocycles. The molecule has 3 aliphatic carbocycles. The Labute approximate surface area is 141 Å². The zero-order valence-electron chi connectivity index (χ0n) is 15.1. The zero-order valence-corrected chi connectivity index (χ0v) is 15.1. The molecule has 0 N–H and O–H groups in total. The highest BCUT2D eigenvalue weighted by Crippen LogP contribution is 2.70. The summed E-state index contributed by atoms with van der Waals surface area (Å²) in [5.41, 5.74) is 5.30. The second-order valence-corrected chi connectivity index (χ2v) is 8.86. The van der Waals surface area contributed by atoms with E-state index in [-0.39, 0.29) is 5.60 Å². The molecular formula is C22H30O. The summed E-state index contributed by atoms with van der Waals surface area (Å²) in [4.78, 5) is 0. The van der Waals surface area contributed by atoms with Crippen molar-refractivity contribution in [3.8, 4) is 0 Å². The predicted molar refractivity (Wildman–Crippen MR) is 95.1 cm³/mol. The smallest absolute Gasteiger partial charge is 0.0724 e. The third-order valence-corrected chi connectivity index (χ3v) is 7.16. The fourth-order valence-electron chi connectivity index (χ4n) is 5.59. The highest BCUT2D eigenvalue weighted by molar-refractivity contribution is 5.36. The maximum atomic E-state index is 6.60. The average molecular weight is 310 g/mol. The van der Waals surface area contributed by atoms with Crippen LogP contribution >= 0.6 is 0 Å². The quantitative estimate of drug-likeness (QED) is 0.645. The van der Waals surface area contributed by atoms with Gasteiger partial charge in [-0.25, -0.2) is 0 Å². The van der Waals surface area contributed by atoms with Gasteiger partial charge in [0.15, 0.2) is 0 Å². The molecule has 0 heterocycles. The minimum absolute atomic E-state index is 0.0203. The molecule has 3 aliphatic rings. The number of hydrogen-bond acceptors (Lipinski definition) is 1. The molecule has 2 saturated carbocycles. The first-order valence-corrected chi connectivity index (χ1v) is 9.31. The van der Waals surface area contributed by atoms with Crippen molar-refractivity contribution >= 4 is 0 Å². The summed E-state index contributed by atoms with van der Waals surface area (Å²) in [6.07, 6.45) is 5.12. The summed E-state index contributed by atoms with van der Waals surface area (Å²) in [5, 5.41) is 0. The molecule has 1 nitrogen and oxygen atoms in total. The van der Waals surface area contributed by atoms with Gasteiger partial charge in [0, 0.05) is 5.92 Å². The van der Waals surface area contributed by atoms with Gasteiger partial charge in [-0.2, -0.15) is 0 Å². The van der Waals surface area contributed by atoms with Crippen molar-refractivity contribution < 1.29 is 4.74 Å². The zero-order chi connectivity index (χ0) is 16.2. The SMILES string of the molecule is CC1=C2C3C(CC[C@](C)(OCc4ccccc4)C2CC1)C3(C)C. The Balaban J connectivity index is 1.58. The first kappa shape index (κ1) is 15.4. The Hall–Kier alpha value is -1.08. The summed E-state index contributed by atoms with van der Waals surface area (Å²) in [6.45, 7) is 10.5. The Bertz CT molecular complexity index is 627. The highest BCUT2D eigenvalue weighted by atomic mass is 16.5. The first-order chi connectivity index (χ1) is 10.9. The third kappa shape index (κ3) is 2.39. The fourth-order valence-corrected chi connectivity index (χ4v) is 5.59. The molecule has 2 fully saturated rings. The van der Waals surface area contributed by atoms with E-state index in [4.69, 9.17) is 4.74 Å². The van der Waals surface area contributed by atoms with Gasteiger partial charge in [-0.15, -0.1) is 0 Å². The van der Waals surface area contributed by atoms with Crippen molar-refractivity contribution in [3.05, 3.63) is 47.0 Å². The lowest BCUT2D eigenvalue weighted by Gasteiger charge is -2.37. The number of hydrogen-bond donors (Lipinski definition) is 0. The molecule has 4 rings (SSSR count). The number of ether oxygens (including phenoxy) is 1. The number of benzene rings is 1. The predicted octanol–water partition coefficient (Wildman–Crippen LogP) is 5.75. The van der Waals surface area contributed by atoms with Crippen LogP contribution in [0.25, 0.3) is 0 Å². The van der Waals surface area contributed by atoms with Crippen molar-refractivity contribution in [2.75, 3.05) is 0 Å². The topological polar surface area (TPSA) is 9.23 Å². The molecule has 4 atom stereocenters. The number of fused-ring (bicyclic) bond motifs is 3. The molecule has 0 aromatic heterocycles. The van der Waals surface area contributed by atoms with Crippen LogP contribution in [0.4, 0.5) is 0 Å². The van der Waals surface area contributed by atoms with Crippen molar-refractivity contribution in [3.63, 3.8) is 0 Å². The van der Waals surface area contributed by atoms with E-state index in [0.29, 0.717) is 11.3 Å². The maximum Gasteiger partial charge on any atom is 0.0724 e. The monoisotopic (exact) mass is 310 g/mol. The lowest BCUT2D eigenvalue weighted by molar-refractivity contribution is -0.0809. The molecule has 0 spiro atoms. The minimum atomic E-state index is 0.0203. The van der Waals surface area contributed by atoms with Gasteiger partial charge in [0.2, 0.25) is 0 Å². The lowest BCUT2D eigenvalue weighted by Crippen LogP contribution is -2.38. The first-order valence-electron chi connectivity index (χ1n) is 9.31. The van der Waals surface area contributed by atoms with Crippen LogP contribution in [0.15, 0.2) is 41.5 Å². The summed E-state index contributed by atoms with van der Waals surface area (Å²) >= 11 is 0. The lowest BCUT2D eigenvalue weighted by atomic mass is 9.78. The summed E-state index contributed by atoms with van der Waals surface area (Å²) in [7, 11) is 0. The van der Waals surface area contributed by atoms with Crippen molar-refractivity contribution in [1.29, 1.82) is 0 Å². The van der Waals surface area contributed by atoms with E-state index in [1.807, 2.05) is 0 Å². The van der Waals surface area contributed by atoms with E-state index < -0.39 is 0 Å². The summed E-state index contributed by atoms with van der Waals surface area (Å²) in [5.74, 6) is 2.36. The van der Waals surface area contributed by atoms with Crippen LogP contribution in [-0.4, -0.2) is 5.60 Å². The Morgan fingerprint density at radius 3 is 2.57 bits per heavy atom. The molecule has 124 valence electrons. The van der Waals surface area contributed by atoms with Crippen LogP contribution in [0.1, 0.15) is 58.9 Å². The van der Waals surface area contributed by atoms with E-state index in [2.05, 4.69) is 58.0 Å². The van der Waals surface area contributed by atoms with Crippen LogP contribution in [0.5, 0.6) is 0 Å². The molecule has 1 heteroatoms. The third-order valence-electron chi connectivity index (χ3n) is 7.16. The number of allylic oxidation sites excluding steroid dienone is 1. The maximum absolute atomic E-state index is 6.60. The van der Waals surface area contributed by atoms with Crippen LogP contribution in [0, 0.1) is 23.2 Å². The van der Waals surface area contributed by atoms with Crippen LogP contribution in [-0.2, 0) is 11.3 Å². The van der Waals surface area contributed by atoms with E-state index in [9.17, 15) is 0 Å². The number of rotatable bonds is 3. The Kier molecular flexibility index (Phi) is 3.50. The van der Waals surface area contributed by atoms with Crippen LogP contribution in [0.2, 0.25) is 0 Å². The van der Waals surface area contributed by atoms with Gasteiger partial charge >= 0.3 is 0 Å². The minimum Gasteiger partial charge on any atom is -0.370 e. The molecule has 1 aromatic carbocycles. The molecular weight excluding hydrogens is 280 g/mol. The van der Waals surface area contributed by atoms with Crippen molar-refractivity contribution in [2.24, 2.45) is 23.2 Å². The summed E-state index contributed by atoms with van der Waals surface area (Å²) < 4.78 is 6.60. The van der Waals surface area contributed by atoms with Gasteiger partial charge in [-0.05, 0) is 62.3 Å². The standard InChI is InChI=1S/C22H30O/c1-15-10-11-17-19(15)20-18(21(20,2)3)12-13-22(17,4)23-14-16-8-6-5-7-9-16/h5-9,17-18,20H,10-14H2,1-4H3/t17?,18?,20?,22-/m0/s1. The van der Waals surface area contributed by atoms with Gasteiger partial charge in [-0.1, -0.05) is 55.3 Å². The average Bonchev–Trinajstić information content (AvgIpc) is 2.91. The van der Waals surface area contributed by atoms with Gasteiger partial charge < -0.3 is 4.74 Å². The van der Waals surface area contributed by atoms with E-state index in [1.165, 1.54) is 31.2 Å². The fraction of sp³-hybridized carbons (Fsp3) is 0.636. The molecule has 0 bridgehead atoms. The second kappa shape index (κ2) is 5.21. The van der Waals surface area contributed by atoms with Gasteiger partial charge in [0.1, 0.15) is 0 Å². The largest absolute Gasteiger partial charge is 0.370 e. The second-order valence-electron chi connectivity index (χ2n) is 8.86. The van der Waals surface area contributed by atoms with E-state index in [1.54, 1.807) is 11.1 Å². The molecule has 23 heavy (non-hydrogen) atoms. The molecule has 0 amide bonds. The molecule has 3 unspecified atom stereocenters. The normalized spacial score (nSPS) is 38.0. The summed E-state index contributed by atoms with van der Waals surface area (Å²) in [6, 6.07) is 10.6. The highest BCUT2D eigenvalue weighted by Gasteiger charge is 2.64. The van der Waals surface area contributed by atoms with E-state index in [0.717, 1.165) is 18.4 Å². The Morgan fingerprint density at radius 2 is 1.83 bits per heavy atom. The van der Waals surface area contributed by atoms with Crippen LogP contribution < -0.4 is 0 Å². The van der Waals surface area contributed by atoms with Gasteiger partial charge in [-0.3, -0.25) is 0 Å². The van der Waals surface area contributed by atoms with Gasteiger partial charge in [0.05, 0.1) is 12.2 Å². The van der Waals surface area contributed by atoms with Crippen LogP contribution in [0.3, 0.4) is 0 Å². The van der Waals surface area contributed by atoms with Crippen molar-refractivity contribution in [2.45, 2.75) is 65.6 Å². The van der Waals surface area contributed by atoms with Gasteiger partial charge in [0.25, 0.3) is 0 Å². The van der Waals surface area contributed by atoms with E-state index >= 15 is 0 Å². The van der Waals surface area contributed by atoms with Crippen molar-refractivity contribution in [1.82, 2.24) is 0 Å². The Morgan fingerprint density at radius 1 is 1.09 bits per heavy atom. The molecule has 1 aromatic rings. The molecule has 0 radical (unpaired) electrons.